The van der Waals surface area contributed by atoms with Crippen molar-refractivity contribution in [2.75, 3.05) is 13.1 Å². The van der Waals surface area contributed by atoms with Crippen LogP contribution in [0, 0.1) is 5.92 Å². The van der Waals surface area contributed by atoms with Crippen molar-refractivity contribution in [1.82, 2.24) is 4.90 Å². The van der Waals surface area contributed by atoms with E-state index in [1.165, 1.54) is 141 Å². The molecule has 186 valence electrons. The smallest absolute Gasteiger partial charge is 0.0203 e. The predicted molar refractivity (Wildman–Crippen MR) is 144 cm³/mol. The van der Waals surface area contributed by atoms with Gasteiger partial charge in [0.05, 0.1) is 0 Å². The highest BCUT2D eigenvalue weighted by Crippen LogP contribution is 2.22. The van der Waals surface area contributed by atoms with Gasteiger partial charge >= 0.3 is 0 Å². The molecule has 0 saturated carbocycles. The van der Waals surface area contributed by atoms with Crippen LogP contribution in [0.15, 0.2) is 11.8 Å². The van der Waals surface area contributed by atoms with Crippen LogP contribution in [-0.2, 0) is 0 Å². The monoisotopic (exact) mass is 435 g/mol. The van der Waals surface area contributed by atoms with E-state index in [2.05, 4.69) is 45.6 Å². The fourth-order valence-corrected chi connectivity index (χ4v) is 4.83. The molecule has 0 aliphatic rings. The standard InChI is InChI=1S/C30H61N/c1-6-10-12-14-16-18-19-21-23-25-27-30(28-31(9-4)29(5)8-3)26-24-22-20-17-15-13-11-7-2/h8,30H,6-7,9-28H2,1-5H3/b29-8+. The molecule has 0 N–H and O–H groups in total. The quantitative estimate of drug-likeness (QED) is 0.136. The van der Waals surface area contributed by atoms with Crippen LogP contribution in [0.25, 0.3) is 0 Å². The minimum Gasteiger partial charge on any atom is -0.375 e. The molecule has 0 aromatic rings. The summed E-state index contributed by atoms with van der Waals surface area (Å²) in [5.74, 6) is 0.893. The molecule has 1 nitrogen and oxygen atoms in total. The molecular formula is C30H61N. The molecule has 0 aromatic heterocycles. The largest absolute Gasteiger partial charge is 0.375 e. The Bertz CT molecular complexity index is 373. The van der Waals surface area contributed by atoms with Gasteiger partial charge in [-0.05, 0) is 39.5 Å². The lowest BCUT2D eigenvalue weighted by Crippen LogP contribution is -2.28. The molecule has 0 spiro atoms. The molecule has 0 radical (unpaired) electrons. The lowest BCUT2D eigenvalue weighted by molar-refractivity contribution is 0.265. The molecule has 0 aliphatic heterocycles. The van der Waals surface area contributed by atoms with Crippen LogP contribution in [0.4, 0.5) is 0 Å². The van der Waals surface area contributed by atoms with Gasteiger partial charge in [0.1, 0.15) is 0 Å². The van der Waals surface area contributed by atoms with Crippen LogP contribution in [0.1, 0.15) is 163 Å². The van der Waals surface area contributed by atoms with Crippen molar-refractivity contribution in [2.24, 2.45) is 5.92 Å². The zero-order chi connectivity index (χ0) is 23.0. The third kappa shape index (κ3) is 19.9. The molecule has 0 rings (SSSR count). The van der Waals surface area contributed by atoms with Crippen molar-refractivity contribution in [1.29, 1.82) is 0 Å². The first-order chi connectivity index (χ1) is 15.2. The van der Waals surface area contributed by atoms with Crippen molar-refractivity contribution in [2.45, 2.75) is 163 Å². The number of rotatable bonds is 24. The highest BCUT2D eigenvalue weighted by atomic mass is 15.1. The van der Waals surface area contributed by atoms with E-state index in [0.29, 0.717) is 0 Å². The molecular weight excluding hydrogens is 374 g/mol. The van der Waals surface area contributed by atoms with Gasteiger partial charge in [0, 0.05) is 18.8 Å². The van der Waals surface area contributed by atoms with Gasteiger partial charge < -0.3 is 4.90 Å². The third-order valence-corrected chi connectivity index (χ3v) is 7.21. The molecule has 0 heterocycles. The summed E-state index contributed by atoms with van der Waals surface area (Å²) < 4.78 is 0. The maximum absolute atomic E-state index is 2.62. The van der Waals surface area contributed by atoms with Crippen LogP contribution in [0.3, 0.4) is 0 Å². The average Bonchev–Trinajstić information content (AvgIpc) is 2.79. The zero-order valence-corrected chi connectivity index (χ0v) is 22.7. The first kappa shape index (κ1) is 30.5. The predicted octanol–water partition coefficient (Wildman–Crippen LogP) is 10.7. The summed E-state index contributed by atoms with van der Waals surface area (Å²) in [6.45, 7) is 13.8. The van der Waals surface area contributed by atoms with Crippen LogP contribution < -0.4 is 0 Å². The Kier molecular flexibility index (Phi) is 23.8. The molecule has 1 heteroatoms. The molecule has 0 saturated heterocycles. The van der Waals surface area contributed by atoms with E-state index < -0.39 is 0 Å². The van der Waals surface area contributed by atoms with Gasteiger partial charge in [0.25, 0.3) is 0 Å². The summed E-state index contributed by atoms with van der Waals surface area (Å²) in [5.41, 5.74) is 1.46. The van der Waals surface area contributed by atoms with Gasteiger partial charge in [0.2, 0.25) is 0 Å². The fourth-order valence-electron chi connectivity index (χ4n) is 4.83. The Morgan fingerprint density at radius 2 is 0.935 bits per heavy atom. The maximum Gasteiger partial charge on any atom is 0.0203 e. The van der Waals surface area contributed by atoms with E-state index in [1.807, 2.05) is 0 Å². The number of unbranched alkanes of at least 4 members (excludes halogenated alkanes) is 16. The van der Waals surface area contributed by atoms with E-state index in [9.17, 15) is 0 Å². The van der Waals surface area contributed by atoms with Gasteiger partial charge in [-0.15, -0.1) is 0 Å². The van der Waals surface area contributed by atoms with E-state index in [4.69, 9.17) is 0 Å². The average molecular weight is 436 g/mol. The Morgan fingerprint density at radius 1 is 0.581 bits per heavy atom. The minimum absolute atomic E-state index is 0.893. The van der Waals surface area contributed by atoms with Crippen LogP contribution in [0.2, 0.25) is 0 Å². The molecule has 0 aromatic carbocycles. The molecule has 0 aliphatic carbocycles. The van der Waals surface area contributed by atoms with Gasteiger partial charge in [0.15, 0.2) is 0 Å². The summed E-state index contributed by atoms with van der Waals surface area (Å²) in [6, 6.07) is 0. The second kappa shape index (κ2) is 24.2. The third-order valence-electron chi connectivity index (χ3n) is 7.21. The molecule has 0 bridgehead atoms. The Labute approximate surface area is 198 Å². The van der Waals surface area contributed by atoms with Crippen molar-refractivity contribution >= 4 is 0 Å². The van der Waals surface area contributed by atoms with Crippen molar-refractivity contribution in [3.05, 3.63) is 11.8 Å². The fraction of sp³-hybridized carbons (Fsp3) is 0.933. The number of hydrogen-bond acceptors (Lipinski definition) is 1. The van der Waals surface area contributed by atoms with Crippen molar-refractivity contribution < 1.29 is 0 Å². The molecule has 31 heavy (non-hydrogen) atoms. The van der Waals surface area contributed by atoms with Gasteiger partial charge in [-0.3, -0.25) is 0 Å². The van der Waals surface area contributed by atoms with Crippen LogP contribution in [0.5, 0.6) is 0 Å². The van der Waals surface area contributed by atoms with Crippen molar-refractivity contribution in [3.8, 4) is 0 Å². The van der Waals surface area contributed by atoms with E-state index >= 15 is 0 Å². The number of allylic oxidation sites excluding steroid dienone is 2. The van der Waals surface area contributed by atoms with E-state index in [0.717, 1.165) is 12.5 Å². The summed E-state index contributed by atoms with van der Waals surface area (Å²) in [7, 11) is 0. The van der Waals surface area contributed by atoms with E-state index in [-0.39, 0.29) is 0 Å². The summed E-state index contributed by atoms with van der Waals surface area (Å²) in [5, 5.41) is 0. The Balaban J connectivity index is 4.07. The SMILES string of the molecule is C/C=C(\C)N(CC)CC(CCCCCCCCCC)CCCCCCCCCCCC. The normalized spacial score (nSPS) is 13.0. The summed E-state index contributed by atoms with van der Waals surface area (Å²) >= 11 is 0. The number of hydrogen-bond donors (Lipinski definition) is 0. The first-order valence-electron chi connectivity index (χ1n) is 14.6. The minimum atomic E-state index is 0.893. The highest BCUT2D eigenvalue weighted by molar-refractivity contribution is 4.95. The lowest BCUT2D eigenvalue weighted by Gasteiger charge is -2.29. The van der Waals surface area contributed by atoms with Crippen molar-refractivity contribution in [3.63, 3.8) is 0 Å². The first-order valence-corrected chi connectivity index (χ1v) is 14.6. The number of nitrogens with zero attached hydrogens (tertiary/aromatic N) is 1. The van der Waals surface area contributed by atoms with E-state index in [1.54, 1.807) is 0 Å². The second-order valence-corrected chi connectivity index (χ2v) is 10.1. The van der Waals surface area contributed by atoms with Gasteiger partial charge in [-0.25, -0.2) is 0 Å². The molecule has 1 atom stereocenters. The maximum atomic E-state index is 2.62. The highest BCUT2D eigenvalue weighted by Gasteiger charge is 2.13. The van der Waals surface area contributed by atoms with Crippen LogP contribution >= 0.6 is 0 Å². The lowest BCUT2D eigenvalue weighted by atomic mass is 9.93. The molecule has 1 unspecified atom stereocenters. The topological polar surface area (TPSA) is 3.24 Å². The summed E-state index contributed by atoms with van der Waals surface area (Å²) in [6.07, 6.45) is 31.2. The molecule has 0 fully saturated rings. The summed E-state index contributed by atoms with van der Waals surface area (Å²) in [4.78, 5) is 2.62. The Hall–Kier alpha value is -0.460. The van der Waals surface area contributed by atoms with Gasteiger partial charge in [-0.2, -0.15) is 0 Å². The molecule has 0 amide bonds. The van der Waals surface area contributed by atoms with Crippen LogP contribution in [-0.4, -0.2) is 18.0 Å². The van der Waals surface area contributed by atoms with Gasteiger partial charge in [-0.1, -0.05) is 135 Å². The Morgan fingerprint density at radius 3 is 1.26 bits per heavy atom. The second-order valence-electron chi connectivity index (χ2n) is 10.1. The zero-order valence-electron chi connectivity index (χ0n) is 22.7.